The largest absolute Gasteiger partial charge is 0.497 e. The Morgan fingerprint density at radius 3 is 2.56 bits per heavy atom. The summed E-state index contributed by atoms with van der Waals surface area (Å²) in [5, 5.41) is 1.17. The molecular weight excluding hydrogens is 448 g/mol. The molecule has 1 amide bonds. The number of fused-ring (bicyclic) bond motifs is 1. The summed E-state index contributed by atoms with van der Waals surface area (Å²) in [7, 11) is 3.33. The van der Waals surface area contributed by atoms with Gasteiger partial charge in [-0.3, -0.25) is 4.79 Å². The van der Waals surface area contributed by atoms with Gasteiger partial charge in [0.25, 0.3) is 0 Å². The first kappa shape index (κ1) is 22.9. The second-order valence-electron chi connectivity index (χ2n) is 9.30. The molecule has 0 radical (unpaired) electrons. The van der Waals surface area contributed by atoms with Crippen LogP contribution in [0.3, 0.4) is 0 Å². The van der Waals surface area contributed by atoms with Gasteiger partial charge in [0.05, 0.1) is 19.6 Å². The minimum Gasteiger partial charge on any atom is -0.497 e. The molecule has 1 aromatic carbocycles. The normalized spacial score (nSPS) is 16.6. The number of benzene rings is 1. The van der Waals surface area contributed by atoms with Gasteiger partial charge in [0, 0.05) is 42.0 Å². The van der Waals surface area contributed by atoms with Gasteiger partial charge in [0.2, 0.25) is 5.91 Å². The van der Waals surface area contributed by atoms with E-state index in [1.165, 1.54) is 15.8 Å². The van der Waals surface area contributed by atoms with Gasteiger partial charge in [-0.25, -0.2) is 9.97 Å². The van der Waals surface area contributed by atoms with Crippen molar-refractivity contribution in [3.63, 3.8) is 0 Å². The topological polar surface area (TPSA) is 67.8 Å². The highest BCUT2D eigenvalue weighted by molar-refractivity contribution is 7.18. The van der Waals surface area contributed by atoms with Crippen LogP contribution in [-0.4, -0.2) is 54.1 Å². The van der Waals surface area contributed by atoms with Crippen LogP contribution in [0.2, 0.25) is 0 Å². The molecule has 0 spiro atoms. The number of aryl methyl sites for hydroxylation is 2. The third kappa shape index (κ3) is 4.31. The van der Waals surface area contributed by atoms with Crippen molar-refractivity contribution >= 4 is 33.3 Å². The first-order chi connectivity index (χ1) is 16.5. The Bertz CT molecular complexity index is 1200. The van der Waals surface area contributed by atoms with Gasteiger partial charge in [-0.2, -0.15) is 0 Å². The smallest absolute Gasteiger partial charge is 0.226 e. The van der Waals surface area contributed by atoms with Crippen molar-refractivity contribution in [3.8, 4) is 11.5 Å². The first-order valence-electron chi connectivity index (χ1n) is 12.0. The molecule has 34 heavy (non-hydrogen) atoms. The zero-order valence-electron chi connectivity index (χ0n) is 20.3. The Balaban J connectivity index is 1.31. The maximum absolute atomic E-state index is 13.7. The van der Waals surface area contributed by atoms with Crippen molar-refractivity contribution in [2.24, 2.45) is 5.92 Å². The van der Waals surface area contributed by atoms with E-state index < -0.39 is 0 Å². The lowest BCUT2D eigenvalue weighted by Gasteiger charge is -2.35. The molecule has 1 aliphatic heterocycles. The standard InChI is InChI=1S/C26H32N4O3S/c1-16-17(2)34-25-23(16)24(27-15-28-25)29-11-9-18(10-12-29)26(31)30(20-5-6-20)14-19-13-21(32-3)7-8-22(19)33-4/h7-8,13,15,18,20H,5-6,9-12,14H2,1-4H3. The number of carbonyl (C=O) groups excluding carboxylic acids is 1. The van der Waals surface area contributed by atoms with Crippen molar-refractivity contribution in [1.82, 2.24) is 14.9 Å². The summed E-state index contributed by atoms with van der Waals surface area (Å²) in [4.78, 5) is 29.5. The maximum atomic E-state index is 13.7. The number of amides is 1. The van der Waals surface area contributed by atoms with Gasteiger partial charge >= 0.3 is 0 Å². The quantitative estimate of drug-likeness (QED) is 0.487. The highest BCUT2D eigenvalue weighted by atomic mass is 32.1. The second kappa shape index (κ2) is 9.41. The van der Waals surface area contributed by atoms with Gasteiger partial charge < -0.3 is 19.3 Å². The van der Waals surface area contributed by atoms with Gasteiger partial charge in [-0.05, 0) is 63.3 Å². The molecule has 8 heteroatoms. The molecule has 2 fully saturated rings. The monoisotopic (exact) mass is 480 g/mol. The van der Waals surface area contributed by atoms with E-state index in [2.05, 4.69) is 33.6 Å². The number of nitrogens with zero attached hydrogens (tertiary/aromatic N) is 4. The summed E-state index contributed by atoms with van der Waals surface area (Å²) >= 11 is 1.73. The van der Waals surface area contributed by atoms with Crippen molar-refractivity contribution in [2.75, 3.05) is 32.2 Å². The number of thiophene rings is 1. The molecule has 1 saturated heterocycles. The molecule has 1 saturated carbocycles. The zero-order chi connectivity index (χ0) is 23.8. The fraction of sp³-hybridized carbons (Fsp3) is 0.500. The van der Waals surface area contributed by atoms with E-state index in [4.69, 9.17) is 9.47 Å². The molecule has 0 unspecified atom stereocenters. The van der Waals surface area contributed by atoms with Crippen LogP contribution in [0.25, 0.3) is 10.2 Å². The highest BCUT2D eigenvalue weighted by Crippen LogP contribution is 2.37. The summed E-state index contributed by atoms with van der Waals surface area (Å²) in [5.41, 5.74) is 2.26. The molecule has 3 aromatic rings. The van der Waals surface area contributed by atoms with E-state index >= 15 is 0 Å². The van der Waals surface area contributed by atoms with Crippen LogP contribution in [0.5, 0.6) is 11.5 Å². The minimum absolute atomic E-state index is 0.0380. The van der Waals surface area contributed by atoms with Crippen LogP contribution in [0.15, 0.2) is 24.5 Å². The Morgan fingerprint density at radius 2 is 1.88 bits per heavy atom. The van der Waals surface area contributed by atoms with Crippen molar-refractivity contribution in [3.05, 3.63) is 40.5 Å². The molecular formula is C26H32N4O3S. The molecule has 2 aromatic heterocycles. The lowest BCUT2D eigenvalue weighted by Crippen LogP contribution is -2.43. The SMILES string of the molecule is COc1ccc(OC)c(CN(C(=O)C2CCN(c3ncnc4sc(C)c(C)c34)CC2)C2CC2)c1. The van der Waals surface area contributed by atoms with E-state index in [0.29, 0.717) is 12.6 Å². The molecule has 0 atom stereocenters. The average molecular weight is 481 g/mol. The number of piperidine rings is 1. The van der Waals surface area contributed by atoms with Crippen molar-refractivity contribution in [1.29, 1.82) is 0 Å². The van der Waals surface area contributed by atoms with Gasteiger partial charge in [-0.15, -0.1) is 11.3 Å². The fourth-order valence-corrected chi connectivity index (χ4v) is 5.93. The molecule has 7 nitrogen and oxygen atoms in total. The summed E-state index contributed by atoms with van der Waals surface area (Å²) in [6, 6.07) is 6.12. The molecule has 2 aliphatic rings. The molecule has 5 rings (SSSR count). The van der Waals surface area contributed by atoms with Crippen LogP contribution in [-0.2, 0) is 11.3 Å². The number of methoxy groups -OCH3 is 2. The van der Waals surface area contributed by atoms with E-state index in [1.807, 2.05) is 18.2 Å². The van der Waals surface area contributed by atoms with E-state index in [9.17, 15) is 4.79 Å². The van der Waals surface area contributed by atoms with Gasteiger partial charge in [-0.1, -0.05) is 0 Å². The number of rotatable bonds is 7. The number of hydrogen-bond donors (Lipinski definition) is 0. The molecule has 0 N–H and O–H groups in total. The maximum Gasteiger partial charge on any atom is 0.226 e. The Labute approximate surface area is 204 Å². The Morgan fingerprint density at radius 1 is 1.12 bits per heavy atom. The Kier molecular flexibility index (Phi) is 6.34. The van der Waals surface area contributed by atoms with Gasteiger partial charge in [0.15, 0.2) is 0 Å². The molecule has 3 heterocycles. The third-order valence-electron chi connectivity index (χ3n) is 7.19. The van der Waals surface area contributed by atoms with Crippen molar-refractivity contribution < 1.29 is 14.3 Å². The summed E-state index contributed by atoms with van der Waals surface area (Å²) in [5.74, 6) is 2.89. The van der Waals surface area contributed by atoms with E-state index in [-0.39, 0.29) is 11.8 Å². The predicted octanol–water partition coefficient (Wildman–Crippen LogP) is 4.73. The van der Waals surface area contributed by atoms with Crippen LogP contribution in [0.1, 0.15) is 41.7 Å². The van der Waals surface area contributed by atoms with Gasteiger partial charge in [0.1, 0.15) is 28.5 Å². The fourth-order valence-electron chi connectivity index (χ4n) is 4.94. The third-order valence-corrected chi connectivity index (χ3v) is 8.30. The lowest BCUT2D eigenvalue weighted by atomic mass is 9.94. The van der Waals surface area contributed by atoms with Crippen LogP contribution in [0, 0.1) is 19.8 Å². The van der Waals surface area contributed by atoms with Crippen LogP contribution in [0.4, 0.5) is 5.82 Å². The number of hydrogen-bond acceptors (Lipinski definition) is 7. The van der Waals surface area contributed by atoms with E-state index in [0.717, 1.165) is 66.5 Å². The number of aromatic nitrogens is 2. The molecule has 0 bridgehead atoms. The van der Waals surface area contributed by atoms with Crippen molar-refractivity contribution in [2.45, 2.75) is 52.1 Å². The molecule has 180 valence electrons. The molecule has 1 aliphatic carbocycles. The Hall–Kier alpha value is -2.87. The first-order valence-corrected chi connectivity index (χ1v) is 12.8. The summed E-state index contributed by atoms with van der Waals surface area (Å²) in [6.07, 6.45) is 5.50. The zero-order valence-corrected chi connectivity index (χ0v) is 21.2. The van der Waals surface area contributed by atoms with E-state index in [1.54, 1.807) is 31.9 Å². The highest BCUT2D eigenvalue weighted by Gasteiger charge is 2.37. The van der Waals surface area contributed by atoms with Crippen LogP contribution >= 0.6 is 11.3 Å². The predicted molar refractivity (Wildman–Crippen MR) is 135 cm³/mol. The average Bonchev–Trinajstić information content (AvgIpc) is 3.67. The summed E-state index contributed by atoms with van der Waals surface area (Å²) in [6.45, 7) is 6.51. The number of anilines is 1. The second-order valence-corrected chi connectivity index (χ2v) is 10.5. The minimum atomic E-state index is 0.0380. The summed E-state index contributed by atoms with van der Waals surface area (Å²) < 4.78 is 11.0. The lowest BCUT2D eigenvalue weighted by molar-refractivity contribution is -0.137. The number of ether oxygens (including phenoxy) is 2. The van der Waals surface area contributed by atoms with Crippen LogP contribution < -0.4 is 14.4 Å². The number of carbonyl (C=O) groups is 1.